The molecular formula is C23H25N3O3. The summed E-state index contributed by atoms with van der Waals surface area (Å²) in [5, 5.41) is 2.71. The zero-order valence-corrected chi connectivity index (χ0v) is 16.8. The number of carbonyl (C=O) groups is 2. The standard InChI is InChI=1S/C23H25N3O3/c1-16-3-5-18(6-4-16)15-26-22(27)21(24-23(26)28)14-19-7-8-20(13-17(19)2)25-9-11-29-12-10-25/h3-8,13-14H,9-12,15H2,1-2H3,(H,24,28)/b21-14+. The number of aryl methyl sites for hydroxylation is 2. The Hall–Kier alpha value is -3.12. The number of hydrogen-bond acceptors (Lipinski definition) is 4. The highest BCUT2D eigenvalue weighted by atomic mass is 16.5. The molecule has 4 rings (SSSR count). The lowest BCUT2D eigenvalue weighted by Crippen LogP contribution is -2.36. The van der Waals surface area contributed by atoms with Crippen molar-refractivity contribution in [1.82, 2.24) is 10.2 Å². The highest BCUT2D eigenvalue weighted by Gasteiger charge is 2.33. The molecule has 3 amide bonds. The molecule has 0 unspecified atom stereocenters. The van der Waals surface area contributed by atoms with Crippen molar-refractivity contribution >= 4 is 23.7 Å². The highest BCUT2D eigenvalue weighted by molar-refractivity contribution is 6.14. The number of rotatable bonds is 4. The Balaban J connectivity index is 1.51. The van der Waals surface area contributed by atoms with Gasteiger partial charge >= 0.3 is 6.03 Å². The first-order chi connectivity index (χ1) is 14.0. The average Bonchev–Trinajstić information content (AvgIpc) is 2.99. The van der Waals surface area contributed by atoms with Gasteiger partial charge in [0.2, 0.25) is 0 Å². The second kappa shape index (κ2) is 8.09. The molecular weight excluding hydrogens is 366 g/mol. The third-order valence-corrected chi connectivity index (χ3v) is 5.35. The van der Waals surface area contributed by atoms with Crippen LogP contribution in [0, 0.1) is 13.8 Å². The molecule has 0 bridgehead atoms. The van der Waals surface area contributed by atoms with Gasteiger partial charge in [0.1, 0.15) is 5.70 Å². The minimum atomic E-state index is -0.385. The summed E-state index contributed by atoms with van der Waals surface area (Å²) in [6.45, 7) is 7.51. The third-order valence-electron chi connectivity index (χ3n) is 5.35. The lowest BCUT2D eigenvalue weighted by atomic mass is 10.1. The molecule has 29 heavy (non-hydrogen) atoms. The number of nitrogens with zero attached hydrogens (tertiary/aromatic N) is 2. The number of morpholine rings is 1. The van der Waals surface area contributed by atoms with Gasteiger partial charge in [0.05, 0.1) is 19.8 Å². The van der Waals surface area contributed by atoms with Gasteiger partial charge in [0.25, 0.3) is 5.91 Å². The van der Waals surface area contributed by atoms with E-state index in [9.17, 15) is 9.59 Å². The summed E-state index contributed by atoms with van der Waals surface area (Å²) in [6.07, 6.45) is 1.76. The maximum atomic E-state index is 12.8. The fourth-order valence-electron chi connectivity index (χ4n) is 3.59. The summed E-state index contributed by atoms with van der Waals surface area (Å²) in [7, 11) is 0. The topological polar surface area (TPSA) is 61.9 Å². The summed E-state index contributed by atoms with van der Waals surface area (Å²) >= 11 is 0. The van der Waals surface area contributed by atoms with E-state index < -0.39 is 0 Å². The third kappa shape index (κ3) is 4.17. The first kappa shape index (κ1) is 19.2. The SMILES string of the molecule is Cc1ccc(CN2C(=O)N/C(=C/c3ccc(N4CCOCC4)cc3C)C2=O)cc1. The van der Waals surface area contributed by atoms with Crippen LogP contribution in [0.5, 0.6) is 0 Å². The van der Waals surface area contributed by atoms with Crippen molar-refractivity contribution in [2.75, 3.05) is 31.2 Å². The number of imide groups is 1. The van der Waals surface area contributed by atoms with Crippen molar-refractivity contribution in [2.24, 2.45) is 0 Å². The van der Waals surface area contributed by atoms with E-state index in [4.69, 9.17) is 4.74 Å². The van der Waals surface area contributed by atoms with Crippen molar-refractivity contribution < 1.29 is 14.3 Å². The van der Waals surface area contributed by atoms with Crippen LogP contribution < -0.4 is 10.2 Å². The molecule has 2 aliphatic heterocycles. The van der Waals surface area contributed by atoms with Crippen molar-refractivity contribution in [1.29, 1.82) is 0 Å². The van der Waals surface area contributed by atoms with Crippen LogP contribution in [-0.4, -0.2) is 43.1 Å². The highest BCUT2D eigenvalue weighted by Crippen LogP contribution is 2.23. The van der Waals surface area contributed by atoms with Gasteiger partial charge in [-0.1, -0.05) is 35.9 Å². The van der Waals surface area contributed by atoms with E-state index in [1.54, 1.807) is 6.08 Å². The van der Waals surface area contributed by atoms with Crippen LogP contribution in [0.3, 0.4) is 0 Å². The normalized spacial score (nSPS) is 18.5. The van der Waals surface area contributed by atoms with E-state index in [-0.39, 0.29) is 18.5 Å². The van der Waals surface area contributed by atoms with E-state index in [0.29, 0.717) is 5.70 Å². The number of ether oxygens (including phenoxy) is 1. The Kier molecular flexibility index (Phi) is 5.36. The Morgan fingerprint density at radius 1 is 1.03 bits per heavy atom. The minimum absolute atomic E-state index is 0.261. The number of amides is 3. The Morgan fingerprint density at radius 2 is 1.76 bits per heavy atom. The number of benzene rings is 2. The number of carbonyl (C=O) groups excluding carboxylic acids is 2. The molecule has 2 heterocycles. The van der Waals surface area contributed by atoms with Gasteiger partial charge in [-0.2, -0.15) is 0 Å². The van der Waals surface area contributed by atoms with Crippen LogP contribution in [0.15, 0.2) is 48.2 Å². The molecule has 2 saturated heterocycles. The van der Waals surface area contributed by atoms with Crippen molar-refractivity contribution in [3.05, 3.63) is 70.4 Å². The smallest absolute Gasteiger partial charge is 0.329 e. The monoisotopic (exact) mass is 391 g/mol. The predicted molar refractivity (Wildman–Crippen MR) is 112 cm³/mol. The average molecular weight is 391 g/mol. The lowest BCUT2D eigenvalue weighted by molar-refractivity contribution is -0.123. The van der Waals surface area contributed by atoms with Gasteiger partial charge < -0.3 is 15.0 Å². The van der Waals surface area contributed by atoms with Crippen LogP contribution >= 0.6 is 0 Å². The Morgan fingerprint density at radius 3 is 2.45 bits per heavy atom. The summed E-state index contributed by atoms with van der Waals surface area (Å²) in [5.41, 5.74) is 5.50. The van der Waals surface area contributed by atoms with Crippen LogP contribution in [0.1, 0.15) is 22.3 Å². The van der Waals surface area contributed by atoms with Gasteiger partial charge in [-0.3, -0.25) is 9.69 Å². The molecule has 0 aromatic heterocycles. The summed E-state index contributed by atoms with van der Waals surface area (Å²) in [6, 6.07) is 13.6. The van der Waals surface area contributed by atoms with Gasteiger partial charge in [-0.05, 0) is 48.7 Å². The number of nitrogens with one attached hydrogen (secondary N) is 1. The van der Waals surface area contributed by atoms with Gasteiger partial charge in [0.15, 0.2) is 0 Å². The molecule has 2 aliphatic rings. The van der Waals surface area contributed by atoms with E-state index in [1.165, 1.54) is 4.90 Å². The molecule has 6 nitrogen and oxygen atoms in total. The van der Waals surface area contributed by atoms with Crippen molar-refractivity contribution in [3.8, 4) is 0 Å². The fraction of sp³-hybridized carbons (Fsp3) is 0.304. The van der Waals surface area contributed by atoms with E-state index in [0.717, 1.165) is 54.2 Å². The second-order valence-electron chi connectivity index (χ2n) is 7.51. The van der Waals surface area contributed by atoms with Crippen LogP contribution in [0.4, 0.5) is 10.5 Å². The second-order valence-corrected chi connectivity index (χ2v) is 7.51. The number of hydrogen-bond donors (Lipinski definition) is 1. The molecule has 0 aliphatic carbocycles. The van der Waals surface area contributed by atoms with Crippen LogP contribution in [0.2, 0.25) is 0 Å². The zero-order chi connectivity index (χ0) is 20.4. The molecule has 2 fully saturated rings. The zero-order valence-electron chi connectivity index (χ0n) is 16.8. The molecule has 2 aromatic carbocycles. The molecule has 6 heteroatoms. The number of urea groups is 1. The van der Waals surface area contributed by atoms with E-state index in [2.05, 4.69) is 22.3 Å². The first-order valence-electron chi connectivity index (χ1n) is 9.85. The Bertz CT molecular complexity index is 960. The van der Waals surface area contributed by atoms with Gasteiger partial charge in [0, 0.05) is 18.8 Å². The van der Waals surface area contributed by atoms with E-state index >= 15 is 0 Å². The lowest BCUT2D eigenvalue weighted by Gasteiger charge is -2.29. The molecule has 150 valence electrons. The summed E-state index contributed by atoms with van der Waals surface area (Å²) < 4.78 is 5.41. The van der Waals surface area contributed by atoms with E-state index in [1.807, 2.05) is 44.2 Å². The quantitative estimate of drug-likeness (QED) is 0.642. The molecule has 2 aromatic rings. The molecule has 0 saturated carbocycles. The van der Waals surface area contributed by atoms with Crippen LogP contribution in [0.25, 0.3) is 6.08 Å². The van der Waals surface area contributed by atoms with Crippen molar-refractivity contribution in [3.63, 3.8) is 0 Å². The molecule has 0 radical (unpaired) electrons. The predicted octanol–water partition coefficient (Wildman–Crippen LogP) is 3.23. The molecule has 1 N–H and O–H groups in total. The summed E-state index contributed by atoms with van der Waals surface area (Å²) in [4.78, 5) is 28.6. The maximum absolute atomic E-state index is 12.8. The number of anilines is 1. The van der Waals surface area contributed by atoms with Gasteiger partial charge in [-0.15, -0.1) is 0 Å². The van der Waals surface area contributed by atoms with Crippen LogP contribution in [-0.2, 0) is 16.1 Å². The minimum Gasteiger partial charge on any atom is -0.378 e. The fourth-order valence-corrected chi connectivity index (χ4v) is 3.59. The Labute approximate surface area is 170 Å². The molecule has 0 atom stereocenters. The van der Waals surface area contributed by atoms with Gasteiger partial charge in [-0.25, -0.2) is 4.79 Å². The first-order valence-corrected chi connectivity index (χ1v) is 9.85. The summed E-state index contributed by atoms with van der Waals surface area (Å²) in [5.74, 6) is -0.299. The largest absolute Gasteiger partial charge is 0.378 e. The van der Waals surface area contributed by atoms with Crippen molar-refractivity contribution in [2.45, 2.75) is 20.4 Å². The molecule has 0 spiro atoms. The maximum Gasteiger partial charge on any atom is 0.329 e.